The van der Waals surface area contributed by atoms with Crippen LogP contribution >= 0.6 is 15.9 Å². The van der Waals surface area contributed by atoms with E-state index in [0.717, 1.165) is 11.0 Å². The predicted octanol–water partition coefficient (Wildman–Crippen LogP) is 4.29. The van der Waals surface area contributed by atoms with Crippen LogP contribution in [0.15, 0.2) is 53.0 Å². The second kappa shape index (κ2) is 7.48. The molecule has 2 rings (SSSR count). The predicted molar refractivity (Wildman–Crippen MR) is 85.8 cm³/mol. The fraction of sp³-hybridized carbons (Fsp3) is 0.235. The number of carbonyl (C=O) groups is 1. The molecule has 0 saturated heterocycles. The quantitative estimate of drug-likeness (QED) is 0.725. The average molecular weight is 350 g/mol. The van der Waals surface area contributed by atoms with Gasteiger partial charge in [0.05, 0.1) is 0 Å². The van der Waals surface area contributed by atoms with E-state index in [1.165, 1.54) is 17.7 Å². The van der Waals surface area contributed by atoms with Crippen molar-refractivity contribution in [3.63, 3.8) is 0 Å². The normalized spacial score (nSPS) is 10.9. The number of hydrogen-bond acceptors (Lipinski definition) is 2. The van der Waals surface area contributed by atoms with E-state index < -0.39 is 0 Å². The van der Waals surface area contributed by atoms with Gasteiger partial charge in [-0.2, -0.15) is 0 Å². The largest absolute Gasteiger partial charge is 0.302 e. The van der Waals surface area contributed by atoms with E-state index in [4.69, 9.17) is 0 Å². The molecule has 0 bridgehead atoms. The minimum atomic E-state index is -0.372. The number of ketones is 1. The summed E-state index contributed by atoms with van der Waals surface area (Å²) in [4.78, 5) is 14.1. The van der Waals surface area contributed by atoms with Gasteiger partial charge in [-0.05, 0) is 36.9 Å². The maximum absolute atomic E-state index is 13.1. The molecule has 21 heavy (non-hydrogen) atoms. The highest BCUT2D eigenvalue weighted by molar-refractivity contribution is 9.10. The van der Waals surface area contributed by atoms with Crippen molar-refractivity contribution in [2.75, 3.05) is 13.6 Å². The third-order valence-electron chi connectivity index (χ3n) is 3.21. The van der Waals surface area contributed by atoms with E-state index in [9.17, 15) is 9.18 Å². The zero-order valence-electron chi connectivity index (χ0n) is 11.9. The smallest absolute Gasteiger partial charge is 0.164 e. The van der Waals surface area contributed by atoms with Crippen molar-refractivity contribution in [2.45, 2.75) is 13.0 Å². The molecule has 4 heteroatoms. The third-order valence-corrected chi connectivity index (χ3v) is 3.70. The van der Waals surface area contributed by atoms with Crippen LogP contribution in [0.5, 0.6) is 0 Å². The first kappa shape index (κ1) is 15.9. The van der Waals surface area contributed by atoms with Crippen molar-refractivity contribution in [1.82, 2.24) is 4.90 Å². The standard InChI is InChI=1S/C17H17BrFNO/c1-20(12-13-4-2-6-15(18)10-13)9-8-17(21)14-5-3-7-16(19)11-14/h2-7,10-11H,8-9,12H2,1H3. The molecule has 0 aliphatic heterocycles. The molecule has 0 N–H and O–H groups in total. The van der Waals surface area contributed by atoms with Gasteiger partial charge >= 0.3 is 0 Å². The Morgan fingerprint density at radius 1 is 1.19 bits per heavy atom. The number of nitrogens with zero attached hydrogens (tertiary/aromatic N) is 1. The number of halogens is 2. The zero-order valence-corrected chi connectivity index (χ0v) is 13.4. The second-order valence-electron chi connectivity index (χ2n) is 5.05. The molecule has 0 fully saturated rings. The van der Waals surface area contributed by atoms with E-state index in [0.29, 0.717) is 18.5 Å². The maximum Gasteiger partial charge on any atom is 0.164 e. The molecule has 110 valence electrons. The summed E-state index contributed by atoms with van der Waals surface area (Å²) >= 11 is 3.44. The zero-order chi connectivity index (χ0) is 15.2. The Bertz CT molecular complexity index is 630. The van der Waals surface area contributed by atoms with Gasteiger partial charge in [0.1, 0.15) is 5.82 Å². The molecular formula is C17H17BrFNO. The SMILES string of the molecule is CN(CCC(=O)c1cccc(F)c1)Cc1cccc(Br)c1. The lowest BCUT2D eigenvalue weighted by Crippen LogP contribution is -2.21. The highest BCUT2D eigenvalue weighted by Gasteiger charge is 2.09. The van der Waals surface area contributed by atoms with Gasteiger partial charge < -0.3 is 4.90 Å². The van der Waals surface area contributed by atoms with Gasteiger partial charge in [-0.1, -0.05) is 40.2 Å². The average Bonchev–Trinajstić information content (AvgIpc) is 2.45. The summed E-state index contributed by atoms with van der Waals surface area (Å²) in [6.07, 6.45) is 0.383. The number of carbonyl (C=O) groups excluding carboxylic acids is 1. The van der Waals surface area contributed by atoms with Gasteiger partial charge in [0.2, 0.25) is 0 Å². The molecule has 2 aromatic rings. The molecule has 0 unspecified atom stereocenters. The molecule has 0 radical (unpaired) electrons. The van der Waals surface area contributed by atoms with E-state index in [-0.39, 0.29) is 11.6 Å². The molecule has 2 aromatic carbocycles. The number of rotatable bonds is 6. The molecule has 2 nitrogen and oxygen atoms in total. The Kier molecular flexibility index (Phi) is 5.65. The molecule has 0 aromatic heterocycles. The lowest BCUT2D eigenvalue weighted by atomic mass is 10.1. The second-order valence-corrected chi connectivity index (χ2v) is 5.97. The van der Waals surface area contributed by atoms with Crippen molar-refractivity contribution in [3.05, 3.63) is 69.9 Å². The molecule has 0 saturated carbocycles. The summed E-state index contributed by atoms with van der Waals surface area (Å²) in [5.41, 5.74) is 1.62. The van der Waals surface area contributed by atoms with E-state index in [2.05, 4.69) is 33.0 Å². The fourth-order valence-electron chi connectivity index (χ4n) is 2.12. The lowest BCUT2D eigenvalue weighted by molar-refractivity contribution is 0.0967. The molecule has 0 aliphatic carbocycles. The van der Waals surface area contributed by atoms with Crippen LogP contribution in [-0.2, 0) is 6.54 Å². The molecule has 0 heterocycles. The molecule has 0 atom stereocenters. The van der Waals surface area contributed by atoms with Gasteiger partial charge in [-0.3, -0.25) is 4.79 Å². The number of hydrogen-bond donors (Lipinski definition) is 0. The first-order chi connectivity index (χ1) is 10.0. The van der Waals surface area contributed by atoms with Gasteiger partial charge in [0.15, 0.2) is 5.78 Å². The Balaban J connectivity index is 1.86. The van der Waals surface area contributed by atoms with Crippen molar-refractivity contribution in [3.8, 4) is 0 Å². The summed E-state index contributed by atoms with van der Waals surface area (Å²) in [5, 5.41) is 0. The van der Waals surface area contributed by atoms with Crippen LogP contribution < -0.4 is 0 Å². The summed E-state index contributed by atoms with van der Waals surface area (Å²) in [6.45, 7) is 1.41. The topological polar surface area (TPSA) is 20.3 Å². The summed E-state index contributed by atoms with van der Waals surface area (Å²) in [6, 6.07) is 13.9. The van der Waals surface area contributed by atoms with Gasteiger partial charge in [0.25, 0.3) is 0 Å². The van der Waals surface area contributed by atoms with Crippen LogP contribution in [0, 0.1) is 5.82 Å². The first-order valence-corrected chi connectivity index (χ1v) is 7.55. The van der Waals surface area contributed by atoms with Crippen molar-refractivity contribution in [2.24, 2.45) is 0 Å². The van der Waals surface area contributed by atoms with Gasteiger partial charge in [-0.25, -0.2) is 4.39 Å². The molecule has 0 aliphatic rings. The van der Waals surface area contributed by atoms with Crippen LogP contribution in [-0.4, -0.2) is 24.3 Å². The monoisotopic (exact) mass is 349 g/mol. The maximum atomic E-state index is 13.1. The molecule has 0 amide bonds. The lowest BCUT2D eigenvalue weighted by Gasteiger charge is -2.16. The van der Waals surface area contributed by atoms with Crippen LogP contribution in [0.1, 0.15) is 22.3 Å². The number of benzene rings is 2. The van der Waals surface area contributed by atoms with Gasteiger partial charge in [0, 0.05) is 29.5 Å². The van der Waals surface area contributed by atoms with Crippen molar-refractivity contribution < 1.29 is 9.18 Å². The highest BCUT2D eigenvalue weighted by Crippen LogP contribution is 2.13. The summed E-state index contributed by atoms with van der Waals surface area (Å²) in [7, 11) is 1.97. The first-order valence-electron chi connectivity index (χ1n) is 6.76. The van der Waals surface area contributed by atoms with Crippen LogP contribution in [0.3, 0.4) is 0 Å². The Morgan fingerprint density at radius 2 is 1.95 bits per heavy atom. The third kappa shape index (κ3) is 5.06. The van der Waals surface area contributed by atoms with Crippen molar-refractivity contribution in [1.29, 1.82) is 0 Å². The van der Waals surface area contributed by atoms with Gasteiger partial charge in [-0.15, -0.1) is 0 Å². The Hall–Kier alpha value is -1.52. The van der Waals surface area contributed by atoms with Crippen LogP contribution in [0.2, 0.25) is 0 Å². The molecular weight excluding hydrogens is 333 g/mol. The minimum absolute atomic E-state index is 0.0319. The van der Waals surface area contributed by atoms with E-state index in [1.807, 2.05) is 19.2 Å². The van der Waals surface area contributed by atoms with Crippen LogP contribution in [0.25, 0.3) is 0 Å². The van der Waals surface area contributed by atoms with Crippen molar-refractivity contribution >= 4 is 21.7 Å². The Morgan fingerprint density at radius 3 is 2.67 bits per heavy atom. The number of Topliss-reactive ketones (excluding diaryl/α,β-unsaturated/α-hetero) is 1. The minimum Gasteiger partial charge on any atom is -0.302 e. The fourth-order valence-corrected chi connectivity index (χ4v) is 2.57. The highest BCUT2D eigenvalue weighted by atomic mass is 79.9. The van der Waals surface area contributed by atoms with Crippen LogP contribution in [0.4, 0.5) is 4.39 Å². The Labute approximate surface area is 132 Å². The molecule has 0 spiro atoms. The summed E-state index contributed by atoms with van der Waals surface area (Å²) < 4.78 is 14.1. The van der Waals surface area contributed by atoms with E-state index >= 15 is 0 Å². The summed E-state index contributed by atoms with van der Waals surface area (Å²) in [5.74, 6) is -0.404. The van der Waals surface area contributed by atoms with E-state index in [1.54, 1.807) is 12.1 Å².